The van der Waals surface area contributed by atoms with E-state index in [1.165, 1.54) is 4.90 Å². The van der Waals surface area contributed by atoms with Gasteiger partial charge in [-0.25, -0.2) is 0 Å². The highest BCUT2D eigenvalue weighted by Gasteiger charge is 2.58. The highest BCUT2D eigenvalue weighted by atomic mass is 28.4. The third-order valence-electron chi connectivity index (χ3n) is 12.5. The number of carbonyl (C=O) groups excluding carboxylic acids is 2. The molecule has 4 aromatic rings. The molecule has 3 aliphatic rings. The number of amides is 2. The number of fused-ring (bicyclic) bond motifs is 3. The van der Waals surface area contributed by atoms with E-state index < -0.39 is 45.3 Å². The van der Waals surface area contributed by atoms with Gasteiger partial charge in [-0.1, -0.05) is 118 Å². The van der Waals surface area contributed by atoms with Crippen LogP contribution in [0.4, 0.5) is 0 Å². The smallest absolute Gasteiger partial charge is 0.455 e. The van der Waals surface area contributed by atoms with E-state index in [0.717, 1.165) is 32.7 Å². The molecule has 0 spiro atoms. The van der Waals surface area contributed by atoms with Crippen LogP contribution in [0.25, 0.3) is 11.6 Å². The van der Waals surface area contributed by atoms with E-state index in [2.05, 4.69) is 69.3 Å². The molecule has 314 valence electrons. The van der Waals surface area contributed by atoms with Crippen LogP contribution in [0.5, 0.6) is 0 Å². The highest BCUT2D eigenvalue weighted by Crippen LogP contribution is 2.51. The van der Waals surface area contributed by atoms with Crippen molar-refractivity contribution in [1.82, 2.24) is 4.90 Å². The Hall–Kier alpha value is -4.85. The maximum Gasteiger partial charge on any atom is 0.455 e. The van der Waals surface area contributed by atoms with E-state index >= 15 is 0 Å². The Morgan fingerprint density at radius 1 is 0.867 bits per heavy atom. The molecule has 4 atom stereocenters. The van der Waals surface area contributed by atoms with E-state index in [1.54, 1.807) is 6.07 Å². The second-order valence-corrected chi connectivity index (χ2v) is 21.6. The van der Waals surface area contributed by atoms with Crippen molar-refractivity contribution >= 4 is 55.2 Å². The molecule has 12 heteroatoms. The van der Waals surface area contributed by atoms with Crippen LogP contribution in [0.3, 0.4) is 0 Å². The number of imide groups is 1. The number of rotatable bonds is 17. The molecular formula is C48H56BNO9Si. The number of unbranched alkanes of at least 4 members (excludes halogenated alkanes) is 2. The Balaban J connectivity index is 1.28. The minimum absolute atomic E-state index is 0.0445. The largest absolute Gasteiger partial charge is 0.481 e. The van der Waals surface area contributed by atoms with Crippen molar-refractivity contribution in [3.8, 4) is 0 Å². The standard InChI is InChI=1S/C48H56BNO9Si/c1-48(2,3)60(38-18-10-5-11-19-38,39-20-12-6-13-21-39)57-32-35-29-40-45(47(55)50(46(40)54)27-15-7-14-22-43(52)53)41-30-49(56)59-42(44(35)41)26-23-34(33-16-8-4-9-17-33)28-36-24-25-37(31-51)58-36/h4-6,8-13,16-21,24-25,28,40-42,45,51,56H,7,14-15,22-23,26-27,29-32H2,1-3H3,(H,52,53)/b34-28-/t40-,41+,42-,45-/m1/s1. The minimum Gasteiger partial charge on any atom is -0.481 e. The number of nitrogens with zero attached hydrogens (tertiary/aromatic N) is 1. The minimum atomic E-state index is -3.03. The average molecular weight is 830 g/mol. The summed E-state index contributed by atoms with van der Waals surface area (Å²) in [7, 11) is -4.17. The molecule has 2 aliphatic heterocycles. The normalized spacial score (nSPS) is 21.1. The van der Waals surface area contributed by atoms with Gasteiger partial charge in [-0.15, -0.1) is 0 Å². The molecule has 7 rings (SSSR count). The zero-order valence-electron chi connectivity index (χ0n) is 34.8. The quantitative estimate of drug-likeness (QED) is 0.0439. The first-order valence-electron chi connectivity index (χ1n) is 21.2. The summed E-state index contributed by atoms with van der Waals surface area (Å²) >= 11 is 0. The summed E-state index contributed by atoms with van der Waals surface area (Å²) in [5, 5.41) is 32.2. The molecule has 0 radical (unpaired) electrons. The number of hydrogen-bond donors (Lipinski definition) is 3. The van der Waals surface area contributed by atoms with Gasteiger partial charge >= 0.3 is 13.1 Å². The first-order valence-corrected chi connectivity index (χ1v) is 23.1. The van der Waals surface area contributed by atoms with Crippen molar-refractivity contribution in [2.45, 2.75) is 89.8 Å². The van der Waals surface area contributed by atoms with Crippen LogP contribution in [0.1, 0.15) is 82.8 Å². The van der Waals surface area contributed by atoms with Gasteiger partial charge in [-0.05, 0) is 100 Å². The summed E-state index contributed by atoms with van der Waals surface area (Å²) in [5.74, 6) is -1.92. The molecule has 0 bridgehead atoms. The molecule has 1 aliphatic carbocycles. The third-order valence-corrected chi connectivity index (χ3v) is 17.5. The van der Waals surface area contributed by atoms with Gasteiger partial charge in [0.05, 0.1) is 24.5 Å². The Bertz CT molecular complexity index is 2140. The fourth-order valence-corrected chi connectivity index (χ4v) is 14.4. The molecule has 3 aromatic carbocycles. The van der Waals surface area contributed by atoms with Crippen molar-refractivity contribution in [2.75, 3.05) is 13.2 Å². The number of carbonyl (C=O) groups is 3. The van der Waals surface area contributed by atoms with E-state index in [4.69, 9.17) is 18.6 Å². The summed E-state index contributed by atoms with van der Waals surface area (Å²) < 4.78 is 19.9. The van der Waals surface area contributed by atoms with E-state index in [-0.39, 0.29) is 49.4 Å². The molecular weight excluding hydrogens is 773 g/mol. The second kappa shape index (κ2) is 18.8. The van der Waals surface area contributed by atoms with Crippen molar-refractivity contribution in [1.29, 1.82) is 0 Å². The van der Waals surface area contributed by atoms with Gasteiger partial charge in [0.1, 0.15) is 18.1 Å². The number of furan rings is 1. The van der Waals surface area contributed by atoms with Crippen LogP contribution >= 0.6 is 0 Å². The lowest BCUT2D eigenvalue weighted by Crippen LogP contribution is -2.66. The summed E-state index contributed by atoms with van der Waals surface area (Å²) in [6.45, 7) is 6.95. The molecule has 2 saturated heterocycles. The first kappa shape index (κ1) is 43.2. The first-order chi connectivity index (χ1) is 28.9. The SMILES string of the molecule is CC(C)(C)[Si](OCC1=C2[C@@H](CC/C(=C/c3ccc(CO)o3)c3ccccc3)OB(O)C[C@@H]2[C@@H]2C(=O)N(CCCCCC(=O)O)C(=O)[C@@H]2C1)(c1ccccc1)c1ccccc1. The van der Waals surface area contributed by atoms with Gasteiger partial charge < -0.3 is 28.7 Å². The van der Waals surface area contributed by atoms with Gasteiger partial charge in [0.15, 0.2) is 0 Å². The van der Waals surface area contributed by atoms with Gasteiger partial charge in [0, 0.05) is 13.0 Å². The number of likely N-dealkylation sites (tertiary alicyclic amines) is 1. The topological polar surface area (TPSA) is 147 Å². The van der Waals surface area contributed by atoms with Crippen LogP contribution in [0.2, 0.25) is 11.4 Å². The predicted molar refractivity (Wildman–Crippen MR) is 234 cm³/mol. The number of benzene rings is 3. The van der Waals surface area contributed by atoms with Crippen molar-refractivity contribution in [3.63, 3.8) is 0 Å². The maximum atomic E-state index is 14.4. The molecule has 60 heavy (non-hydrogen) atoms. The summed E-state index contributed by atoms with van der Waals surface area (Å²) in [6.07, 6.45) is 4.57. The summed E-state index contributed by atoms with van der Waals surface area (Å²) in [6, 6.07) is 34.4. The molecule has 0 unspecified atom stereocenters. The summed E-state index contributed by atoms with van der Waals surface area (Å²) in [5.41, 5.74) is 3.86. The number of carboxylic acids is 1. The zero-order chi connectivity index (χ0) is 42.4. The van der Waals surface area contributed by atoms with Crippen LogP contribution in [-0.4, -0.2) is 72.6 Å². The molecule has 10 nitrogen and oxygen atoms in total. The molecule has 3 heterocycles. The molecule has 3 N–H and O–H groups in total. The van der Waals surface area contributed by atoms with Gasteiger partial charge in [-0.3, -0.25) is 19.3 Å². The van der Waals surface area contributed by atoms with Crippen LogP contribution < -0.4 is 10.4 Å². The van der Waals surface area contributed by atoms with Gasteiger partial charge in [-0.2, -0.15) is 0 Å². The fraction of sp³-hybridized carbons (Fsp3) is 0.396. The van der Waals surface area contributed by atoms with Crippen LogP contribution in [0, 0.1) is 17.8 Å². The predicted octanol–water partition coefficient (Wildman–Crippen LogP) is 7.11. The lowest BCUT2D eigenvalue weighted by Gasteiger charge is -2.46. The zero-order valence-corrected chi connectivity index (χ0v) is 35.8. The Kier molecular flexibility index (Phi) is 13.6. The van der Waals surface area contributed by atoms with Crippen LogP contribution in [0.15, 0.2) is 119 Å². The number of hydrogen-bond acceptors (Lipinski definition) is 8. The number of aliphatic carboxylic acids is 1. The monoisotopic (exact) mass is 829 g/mol. The average Bonchev–Trinajstić information content (AvgIpc) is 3.80. The van der Waals surface area contributed by atoms with E-state index in [1.807, 2.05) is 54.6 Å². The molecule has 0 saturated carbocycles. The fourth-order valence-electron chi connectivity index (χ4n) is 9.83. The number of carboxylic acid groups (broad SMARTS) is 1. The number of aliphatic hydroxyl groups is 1. The Morgan fingerprint density at radius 2 is 1.52 bits per heavy atom. The maximum absolute atomic E-state index is 14.4. The molecule has 2 fully saturated rings. The molecule has 2 amide bonds. The van der Waals surface area contributed by atoms with E-state index in [0.29, 0.717) is 50.0 Å². The Labute approximate surface area is 354 Å². The Morgan fingerprint density at radius 3 is 2.12 bits per heavy atom. The van der Waals surface area contributed by atoms with Crippen LogP contribution in [-0.2, 0) is 30.1 Å². The second-order valence-electron chi connectivity index (χ2n) is 17.3. The summed E-state index contributed by atoms with van der Waals surface area (Å²) in [4.78, 5) is 41.2. The third kappa shape index (κ3) is 9.08. The van der Waals surface area contributed by atoms with Crippen molar-refractivity contribution < 1.29 is 43.1 Å². The van der Waals surface area contributed by atoms with Gasteiger partial charge in [0.25, 0.3) is 8.32 Å². The van der Waals surface area contributed by atoms with Crippen molar-refractivity contribution in [3.05, 3.63) is 131 Å². The van der Waals surface area contributed by atoms with Gasteiger partial charge in [0.2, 0.25) is 11.8 Å². The lowest BCUT2D eigenvalue weighted by molar-refractivity contribution is -0.141. The lowest BCUT2D eigenvalue weighted by atomic mass is 9.58. The van der Waals surface area contributed by atoms with Crippen molar-refractivity contribution in [2.24, 2.45) is 17.8 Å². The van der Waals surface area contributed by atoms with E-state index in [9.17, 15) is 24.5 Å². The number of aliphatic hydroxyl groups excluding tert-OH is 1. The highest BCUT2D eigenvalue weighted by molar-refractivity contribution is 6.99. The molecule has 1 aromatic heterocycles. The number of allylic oxidation sites excluding steroid dienone is 1.